The van der Waals surface area contributed by atoms with E-state index in [9.17, 15) is 14.7 Å². The largest absolute Gasteiger partial charge is 0.504 e. The van der Waals surface area contributed by atoms with Gasteiger partial charge in [0.2, 0.25) is 0 Å². The first kappa shape index (κ1) is 17.2. The molecular formula is C19H14N6O3. The fraction of sp³-hybridized carbons (Fsp3) is 0. The van der Waals surface area contributed by atoms with E-state index in [1.807, 2.05) is 12.1 Å². The minimum atomic E-state index is -0.769. The molecule has 2 aromatic carbocycles. The molecule has 28 heavy (non-hydrogen) atoms. The number of benzene rings is 2. The Hall–Kier alpha value is -4.27. The predicted molar refractivity (Wildman–Crippen MR) is 99.7 cm³/mol. The van der Waals surface area contributed by atoms with Crippen LogP contribution in [0.5, 0.6) is 5.75 Å². The molecule has 3 N–H and O–H groups in total. The van der Waals surface area contributed by atoms with E-state index in [-0.39, 0.29) is 17.1 Å². The van der Waals surface area contributed by atoms with Gasteiger partial charge >= 0.3 is 0 Å². The van der Waals surface area contributed by atoms with Crippen LogP contribution in [0.4, 0.5) is 0 Å². The van der Waals surface area contributed by atoms with Gasteiger partial charge in [0.15, 0.2) is 11.4 Å². The van der Waals surface area contributed by atoms with E-state index in [1.54, 1.807) is 42.5 Å². The lowest BCUT2D eigenvalue weighted by Crippen LogP contribution is -2.42. The van der Waals surface area contributed by atoms with Crippen LogP contribution in [-0.2, 0) is 0 Å². The van der Waals surface area contributed by atoms with Crippen molar-refractivity contribution >= 4 is 22.8 Å². The monoisotopic (exact) mass is 374 g/mol. The number of carbonyl (C=O) groups is 2. The molecule has 9 nitrogen and oxygen atoms in total. The van der Waals surface area contributed by atoms with E-state index in [0.717, 1.165) is 0 Å². The fourth-order valence-electron chi connectivity index (χ4n) is 2.54. The topological polar surface area (TPSA) is 122 Å². The second kappa shape index (κ2) is 7.16. The number of hydrogen-bond donors (Lipinski definition) is 3. The summed E-state index contributed by atoms with van der Waals surface area (Å²) in [7, 11) is 0. The predicted octanol–water partition coefficient (Wildman–Crippen LogP) is 1.60. The normalized spacial score (nSPS) is 10.6. The number of rotatable bonds is 3. The molecule has 0 radical (unpaired) electrons. The zero-order chi connectivity index (χ0) is 19.5. The molecule has 2 heterocycles. The molecule has 0 atom stereocenters. The molecule has 0 aliphatic carbocycles. The highest BCUT2D eigenvalue weighted by atomic mass is 16.3. The maximum atomic E-state index is 12.3. The fourth-order valence-corrected chi connectivity index (χ4v) is 2.54. The molecule has 0 saturated carbocycles. The van der Waals surface area contributed by atoms with E-state index in [4.69, 9.17) is 0 Å². The SMILES string of the molecule is O=C(NNC(=O)c1nn(-c2ccccc2)cc1O)c1cnc2ccccc2n1. The Kier molecular flexibility index (Phi) is 4.38. The third-order valence-corrected chi connectivity index (χ3v) is 3.90. The summed E-state index contributed by atoms with van der Waals surface area (Å²) in [4.78, 5) is 32.8. The van der Waals surface area contributed by atoms with Gasteiger partial charge in [-0.1, -0.05) is 30.3 Å². The van der Waals surface area contributed by atoms with Crippen molar-refractivity contribution in [1.82, 2.24) is 30.6 Å². The number of fused-ring (bicyclic) bond motifs is 1. The van der Waals surface area contributed by atoms with Crippen molar-refractivity contribution in [3.63, 3.8) is 0 Å². The van der Waals surface area contributed by atoms with Gasteiger partial charge in [-0.05, 0) is 24.3 Å². The molecule has 2 aromatic heterocycles. The Bertz CT molecular complexity index is 1170. The highest BCUT2D eigenvalue weighted by molar-refractivity contribution is 5.99. The molecule has 0 unspecified atom stereocenters. The minimum Gasteiger partial charge on any atom is -0.504 e. The minimum absolute atomic E-state index is 0.0398. The number of hydrogen-bond acceptors (Lipinski definition) is 6. The van der Waals surface area contributed by atoms with Gasteiger partial charge in [0.25, 0.3) is 11.8 Å². The van der Waals surface area contributed by atoms with E-state index in [2.05, 4.69) is 25.9 Å². The van der Waals surface area contributed by atoms with Crippen LogP contribution in [0.3, 0.4) is 0 Å². The number of aromatic nitrogens is 4. The van der Waals surface area contributed by atoms with Gasteiger partial charge in [0, 0.05) is 0 Å². The lowest BCUT2D eigenvalue weighted by atomic mass is 10.3. The Labute approximate surface area is 158 Å². The molecule has 0 bridgehead atoms. The second-order valence-electron chi connectivity index (χ2n) is 5.80. The summed E-state index contributed by atoms with van der Waals surface area (Å²) in [6.45, 7) is 0. The number of carbonyl (C=O) groups excluding carboxylic acids is 2. The zero-order valence-corrected chi connectivity index (χ0v) is 14.4. The van der Waals surface area contributed by atoms with Gasteiger partial charge in [0.05, 0.1) is 29.1 Å². The van der Waals surface area contributed by atoms with Gasteiger partial charge in [-0.15, -0.1) is 0 Å². The zero-order valence-electron chi connectivity index (χ0n) is 14.4. The lowest BCUT2D eigenvalue weighted by molar-refractivity contribution is 0.0839. The molecule has 9 heteroatoms. The van der Waals surface area contributed by atoms with Crippen molar-refractivity contribution in [2.24, 2.45) is 0 Å². The van der Waals surface area contributed by atoms with E-state index >= 15 is 0 Å². The summed E-state index contributed by atoms with van der Waals surface area (Å²) in [5.41, 5.74) is 6.14. The van der Waals surface area contributed by atoms with Crippen molar-refractivity contribution in [3.8, 4) is 11.4 Å². The second-order valence-corrected chi connectivity index (χ2v) is 5.80. The van der Waals surface area contributed by atoms with Crippen molar-refractivity contribution in [1.29, 1.82) is 0 Å². The van der Waals surface area contributed by atoms with Crippen LogP contribution in [0.25, 0.3) is 16.7 Å². The first-order valence-corrected chi connectivity index (χ1v) is 8.28. The molecule has 0 spiro atoms. The first-order valence-electron chi connectivity index (χ1n) is 8.28. The number of aromatic hydroxyl groups is 1. The van der Waals surface area contributed by atoms with E-state index in [1.165, 1.54) is 17.1 Å². The van der Waals surface area contributed by atoms with E-state index in [0.29, 0.717) is 16.7 Å². The van der Waals surface area contributed by atoms with Crippen molar-refractivity contribution in [3.05, 3.63) is 78.4 Å². The summed E-state index contributed by atoms with van der Waals surface area (Å²) in [5, 5.41) is 14.0. The van der Waals surface area contributed by atoms with Gasteiger partial charge in [0.1, 0.15) is 5.69 Å². The van der Waals surface area contributed by atoms with Gasteiger partial charge in [-0.3, -0.25) is 25.4 Å². The number of nitrogens with one attached hydrogen (secondary N) is 2. The molecule has 0 saturated heterocycles. The Morgan fingerprint density at radius 2 is 1.57 bits per heavy atom. The third kappa shape index (κ3) is 3.36. The van der Waals surface area contributed by atoms with E-state index < -0.39 is 11.8 Å². The van der Waals surface area contributed by atoms with Gasteiger partial charge < -0.3 is 5.11 Å². The number of nitrogens with zero attached hydrogens (tertiary/aromatic N) is 4. The quantitative estimate of drug-likeness (QED) is 0.468. The highest BCUT2D eigenvalue weighted by Gasteiger charge is 2.18. The van der Waals surface area contributed by atoms with Crippen LogP contribution in [0.1, 0.15) is 21.0 Å². The van der Waals surface area contributed by atoms with Crippen molar-refractivity contribution in [2.75, 3.05) is 0 Å². The average Bonchev–Trinajstić information content (AvgIpc) is 3.14. The molecule has 4 rings (SSSR count). The van der Waals surface area contributed by atoms with Crippen LogP contribution in [0.2, 0.25) is 0 Å². The maximum Gasteiger partial charge on any atom is 0.294 e. The number of hydrazine groups is 1. The van der Waals surface area contributed by atoms with Crippen LogP contribution in [-0.4, -0.2) is 36.7 Å². The van der Waals surface area contributed by atoms with Gasteiger partial charge in [-0.25, -0.2) is 9.67 Å². The Morgan fingerprint density at radius 3 is 2.36 bits per heavy atom. The Morgan fingerprint density at radius 1 is 0.893 bits per heavy atom. The van der Waals surface area contributed by atoms with Crippen LogP contribution in [0, 0.1) is 0 Å². The number of para-hydroxylation sites is 3. The summed E-state index contributed by atoms with van der Waals surface area (Å²) in [5.74, 6) is -1.73. The Balaban J connectivity index is 1.46. The molecule has 0 aliphatic rings. The standard InChI is InChI=1S/C19H14N6O3/c26-16-11-25(12-6-2-1-3-7-12)24-17(16)19(28)23-22-18(27)15-10-20-13-8-4-5-9-14(13)21-15/h1-11,26H,(H,22,27)(H,23,28). The molecule has 2 amide bonds. The van der Waals surface area contributed by atoms with Gasteiger partial charge in [-0.2, -0.15) is 5.10 Å². The highest BCUT2D eigenvalue weighted by Crippen LogP contribution is 2.17. The summed E-state index contributed by atoms with van der Waals surface area (Å²) < 4.78 is 1.36. The van der Waals surface area contributed by atoms with Crippen LogP contribution >= 0.6 is 0 Å². The van der Waals surface area contributed by atoms with Crippen LogP contribution < -0.4 is 10.9 Å². The summed E-state index contributed by atoms with van der Waals surface area (Å²) in [6, 6.07) is 16.1. The average molecular weight is 374 g/mol. The molecule has 0 fully saturated rings. The van der Waals surface area contributed by atoms with Crippen LogP contribution in [0.15, 0.2) is 67.0 Å². The lowest BCUT2D eigenvalue weighted by Gasteiger charge is -2.06. The summed E-state index contributed by atoms with van der Waals surface area (Å²) >= 11 is 0. The van der Waals surface area contributed by atoms with Crippen molar-refractivity contribution < 1.29 is 14.7 Å². The molecule has 138 valence electrons. The smallest absolute Gasteiger partial charge is 0.294 e. The molecule has 0 aliphatic heterocycles. The number of amides is 2. The molecular weight excluding hydrogens is 360 g/mol. The third-order valence-electron chi connectivity index (χ3n) is 3.90. The summed E-state index contributed by atoms with van der Waals surface area (Å²) in [6.07, 6.45) is 2.62. The molecule has 4 aromatic rings. The maximum absolute atomic E-state index is 12.3. The first-order chi connectivity index (χ1) is 13.6. The van der Waals surface area contributed by atoms with Crippen molar-refractivity contribution in [2.45, 2.75) is 0 Å².